The lowest BCUT2D eigenvalue weighted by molar-refractivity contribution is -0.137. The smallest absolute Gasteiger partial charge is 0.255 e. The van der Waals surface area contributed by atoms with Crippen LogP contribution in [0.5, 0.6) is 0 Å². The second-order valence-electron chi connectivity index (χ2n) is 12.2. The summed E-state index contributed by atoms with van der Waals surface area (Å²) in [4.78, 5) is 93.1. The van der Waals surface area contributed by atoms with E-state index in [2.05, 4.69) is 26.6 Å². The van der Waals surface area contributed by atoms with Crippen molar-refractivity contribution in [3.8, 4) is 0 Å². The molecule has 2 aliphatic rings. The molecular weight excluding hydrogens is 610 g/mol. The van der Waals surface area contributed by atoms with Crippen LogP contribution in [-0.4, -0.2) is 133 Å². The minimum Gasteiger partial charge on any atom is -0.368 e. The first-order valence-corrected chi connectivity index (χ1v) is 15.7. The first kappa shape index (κ1) is 36.9. The van der Waals surface area contributed by atoms with Crippen LogP contribution >= 0.6 is 0 Å². The molecule has 2 saturated heterocycles. The highest BCUT2D eigenvalue weighted by atomic mass is 16.2. The van der Waals surface area contributed by atoms with Gasteiger partial charge in [-0.25, -0.2) is 0 Å². The van der Waals surface area contributed by atoms with Gasteiger partial charge in [-0.15, -0.1) is 0 Å². The lowest BCUT2D eigenvalue weighted by Gasteiger charge is -2.28. The Labute approximate surface area is 274 Å². The molecule has 0 aliphatic carbocycles. The summed E-state index contributed by atoms with van der Waals surface area (Å²) in [6.45, 7) is 7.44. The predicted molar refractivity (Wildman–Crippen MR) is 171 cm³/mol. The summed E-state index contributed by atoms with van der Waals surface area (Å²) in [7, 11) is 3.27. The van der Waals surface area contributed by atoms with Gasteiger partial charge in [0.2, 0.25) is 29.5 Å². The van der Waals surface area contributed by atoms with Gasteiger partial charge < -0.3 is 47.0 Å². The molecule has 2 heterocycles. The Kier molecular flexibility index (Phi) is 12.8. The molecule has 1 aromatic rings. The molecule has 7 amide bonds. The number of carbonyl (C=O) groups is 7. The van der Waals surface area contributed by atoms with E-state index >= 15 is 0 Å². The molecule has 4 unspecified atom stereocenters. The highest BCUT2D eigenvalue weighted by Crippen LogP contribution is 2.19. The van der Waals surface area contributed by atoms with Crippen molar-refractivity contribution in [3.63, 3.8) is 0 Å². The fourth-order valence-corrected chi connectivity index (χ4v) is 5.30. The minimum atomic E-state index is -0.942. The average Bonchev–Trinajstić information content (AvgIpc) is 3.72. The van der Waals surface area contributed by atoms with Crippen molar-refractivity contribution < 1.29 is 33.6 Å². The van der Waals surface area contributed by atoms with Crippen LogP contribution < -0.4 is 32.3 Å². The third-order valence-corrected chi connectivity index (χ3v) is 8.56. The summed E-state index contributed by atoms with van der Waals surface area (Å²) in [5, 5.41) is 13.7. The SMILES string of the molecule is CNC(C)C(=O)NCC(=O)N1CC(NC(=O)c2ccc(C(=O)N3CCN(C(=O)C(NC(=O)[C@H](C)NC)C(C)C)C3)cc2)CC1C(N)=O. The monoisotopic (exact) mass is 657 g/mol. The first-order chi connectivity index (χ1) is 22.2. The lowest BCUT2D eigenvalue weighted by atomic mass is 10.0. The normalized spacial score (nSPS) is 19.6. The molecule has 258 valence electrons. The Hall–Kier alpha value is -4.57. The number of likely N-dealkylation sites (N-methyl/N-ethyl adjacent to an activating group) is 2. The fourth-order valence-electron chi connectivity index (χ4n) is 5.30. The summed E-state index contributed by atoms with van der Waals surface area (Å²) in [5.41, 5.74) is 6.11. The molecule has 2 fully saturated rings. The number of hydrogen-bond donors (Lipinski definition) is 6. The van der Waals surface area contributed by atoms with Gasteiger partial charge in [0.15, 0.2) is 0 Å². The van der Waals surface area contributed by atoms with E-state index < -0.39 is 47.9 Å². The molecule has 0 saturated carbocycles. The highest BCUT2D eigenvalue weighted by molar-refractivity contribution is 5.99. The molecule has 0 spiro atoms. The Balaban J connectivity index is 1.57. The lowest BCUT2D eigenvalue weighted by Crippen LogP contribution is -2.54. The maximum atomic E-state index is 13.3. The molecule has 47 heavy (non-hydrogen) atoms. The van der Waals surface area contributed by atoms with Crippen molar-refractivity contribution in [2.45, 2.75) is 64.3 Å². The van der Waals surface area contributed by atoms with Crippen LogP contribution in [0.25, 0.3) is 0 Å². The Morgan fingerprint density at radius 2 is 1.43 bits per heavy atom. The molecule has 16 heteroatoms. The van der Waals surface area contributed by atoms with Gasteiger partial charge in [0, 0.05) is 36.8 Å². The van der Waals surface area contributed by atoms with Gasteiger partial charge in [-0.2, -0.15) is 0 Å². The van der Waals surface area contributed by atoms with Gasteiger partial charge in [-0.05, 0) is 64.5 Å². The summed E-state index contributed by atoms with van der Waals surface area (Å²) < 4.78 is 0. The van der Waals surface area contributed by atoms with Crippen LogP contribution in [-0.2, 0) is 24.0 Å². The average molecular weight is 658 g/mol. The second kappa shape index (κ2) is 16.3. The number of nitrogens with zero attached hydrogens (tertiary/aromatic N) is 3. The Morgan fingerprint density at radius 3 is 2.00 bits per heavy atom. The van der Waals surface area contributed by atoms with Crippen LogP contribution in [0, 0.1) is 5.92 Å². The molecule has 1 aromatic carbocycles. The zero-order valence-corrected chi connectivity index (χ0v) is 27.8. The number of benzene rings is 1. The molecule has 16 nitrogen and oxygen atoms in total. The van der Waals surface area contributed by atoms with Gasteiger partial charge in [0.1, 0.15) is 12.1 Å². The summed E-state index contributed by atoms with van der Waals surface area (Å²) in [5.74, 6) is -3.09. The molecule has 5 atom stereocenters. The van der Waals surface area contributed by atoms with Crippen LogP contribution in [0.15, 0.2) is 24.3 Å². The highest BCUT2D eigenvalue weighted by Gasteiger charge is 2.39. The molecule has 3 rings (SSSR count). The third-order valence-electron chi connectivity index (χ3n) is 8.56. The molecule has 0 aromatic heterocycles. The predicted octanol–water partition coefficient (Wildman–Crippen LogP) is -2.41. The van der Waals surface area contributed by atoms with Gasteiger partial charge in [-0.1, -0.05) is 13.8 Å². The molecule has 7 N–H and O–H groups in total. The zero-order chi connectivity index (χ0) is 35.0. The van der Waals surface area contributed by atoms with E-state index in [4.69, 9.17) is 5.73 Å². The Morgan fingerprint density at radius 1 is 0.851 bits per heavy atom. The standard InChI is InChI=1S/C31H47N9O7/c1-17(2)25(37-28(44)19(4)34-6)31(47)39-12-11-38(16-39)30(46)21-9-7-20(8-10-21)29(45)36-22-13-23(26(32)42)40(15-22)24(41)14-35-27(43)18(3)33-5/h7-10,17-19,22-23,25,33-34H,11-16H2,1-6H3,(H2,32,42)(H,35,43)(H,36,45)(H,37,44)/t18?,19-,22?,23?,25?/m0/s1. The van der Waals surface area contributed by atoms with Crippen LogP contribution in [0.2, 0.25) is 0 Å². The van der Waals surface area contributed by atoms with E-state index in [1.54, 1.807) is 32.8 Å². The zero-order valence-electron chi connectivity index (χ0n) is 27.8. The van der Waals surface area contributed by atoms with E-state index in [0.29, 0.717) is 18.7 Å². The van der Waals surface area contributed by atoms with Gasteiger partial charge in [0.25, 0.3) is 11.8 Å². The van der Waals surface area contributed by atoms with Gasteiger partial charge in [0.05, 0.1) is 25.3 Å². The van der Waals surface area contributed by atoms with Gasteiger partial charge >= 0.3 is 0 Å². The van der Waals surface area contributed by atoms with Gasteiger partial charge in [-0.3, -0.25) is 33.6 Å². The number of nitrogens with one attached hydrogen (secondary N) is 5. The first-order valence-electron chi connectivity index (χ1n) is 15.7. The number of hydrogen-bond acceptors (Lipinski definition) is 9. The second-order valence-corrected chi connectivity index (χ2v) is 12.2. The number of rotatable bonds is 13. The summed E-state index contributed by atoms with van der Waals surface area (Å²) in [6.07, 6.45) is 0.115. The number of likely N-dealkylation sites (tertiary alicyclic amines) is 1. The van der Waals surface area contributed by atoms with Crippen molar-refractivity contribution in [3.05, 3.63) is 35.4 Å². The number of primary amides is 1. The maximum Gasteiger partial charge on any atom is 0.255 e. The third kappa shape index (κ3) is 9.25. The number of nitrogens with two attached hydrogens (primary N) is 1. The van der Waals surface area contributed by atoms with E-state index in [0.717, 1.165) is 0 Å². The summed E-state index contributed by atoms with van der Waals surface area (Å²) in [6, 6.07) is 2.82. The van der Waals surface area contributed by atoms with Crippen molar-refractivity contribution in [1.82, 2.24) is 41.3 Å². The molecule has 0 bridgehead atoms. The van der Waals surface area contributed by atoms with Crippen molar-refractivity contribution in [1.29, 1.82) is 0 Å². The van der Waals surface area contributed by atoms with Crippen LogP contribution in [0.1, 0.15) is 54.8 Å². The molecular formula is C31H47N9O7. The fraction of sp³-hybridized carbons (Fsp3) is 0.581. The van der Waals surface area contributed by atoms with E-state index in [-0.39, 0.29) is 61.3 Å². The van der Waals surface area contributed by atoms with E-state index in [1.165, 1.54) is 34.1 Å². The Bertz CT molecular complexity index is 1350. The minimum absolute atomic E-state index is 0.0340. The topological polar surface area (TPSA) is 215 Å². The van der Waals surface area contributed by atoms with Crippen LogP contribution in [0.3, 0.4) is 0 Å². The maximum absolute atomic E-state index is 13.3. The number of amides is 7. The van der Waals surface area contributed by atoms with Crippen molar-refractivity contribution in [2.24, 2.45) is 11.7 Å². The van der Waals surface area contributed by atoms with E-state index in [9.17, 15) is 33.6 Å². The quantitative estimate of drug-likeness (QED) is 0.133. The van der Waals surface area contributed by atoms with Crippen LogP contribution in [0.4, 0.5) is 0 Å². The van der Waals surface area contributed by atoms with E-state index in [1.807, 2.05) is 13.8 Å². The summed E-state index contributed by atoms with van der Waals surface area (Å²) >= 11 is 0. The molecule has 2 aliphatic heterocycles. The largest absolute Gasteiger partial charge is 0.368 e. The number of carbonyl (C=O) groups excluding carboxylic acids is 7. The van der Waals surface area contributed by atoms with Crippen molar-refractivity contribution >= 4 is 41.4 Å². The molecule has 0 radical (unpaired) electrons. The van der Waals surface area contributed by atoms with Crippen molar-refractivity contribution in [2.75, 3.05) is 46.9 Å².